The lowest BCUT2D eigenvalue weighted by Gasteiger charge is -2.29. The zero-order chi connectivity index (χ0) is 11.8. The van der Waals surface area contributed by atoms with E-state index in [1.165, 1.54) is 0 Å². The number of rotatable bonds is 1. The molecule has 0 spiro atoms. The molecule has 0 aromatic heterocycles. The Balaban J connectivity index is 2.21. The molecule has 3 rings (SSSR count). The van der Waals surface area contributed by atoms with Crippen molar-refractivity contribution in [2.45, 2.75) is 6.54 Å². The molecule has 1 aromatic carbocycles. The van der Waals surface area contributed by atoms with Crippen molar-refractivity contribution in [1.29, 1.82) is 0 Å². The van der Waals surface area contributed by atoms with Gasteiger partial charge in [0.25, 0.3) is 5.91 Å². The van der Waals surface area contributed by atoms with Crippen molar-refractivity contribution in [2.75, 3.05) is 4.90 Å². The fourth-order valence-corrected chi connectivity index (χ4v) is 2.03. The highest BCUT2D eigenvalue weighted by atomic mass is 16.1. The number of aliphatic imine (C=N–C) groups is 2. The Hall–Kier alpha value is -2.43. The molecular formula is C12H10N4O. The Kier molecular flexibility index (Phi) is 2.04. The van der Waals surface area contributed by atoms with Crippen molar-refractivity contribution in [3.63, 3.8) is 0 Å². The van der Waals surface area contributed by atoms with E-state index in [1.54, 1.807) is 24.7 Å². The van der Waals surface area contributed by atoms with E-state index in [9.17, 15) is 4.79 Å². The van der Waals surface area contributed by atoms with Crippen LogP contribution in [0, 0.1) is 0 Å². The molecule has 0 fully saturated rings. The molecular weight excluding hydrogens is 216 g/mol. The maximum atomic E-state index is 11.4. The van der Waals surface area contributed by atoms with Crippen molar-refractivity contribution in [3.8, 4) is 0 Å². The quantitative estimate of drug-likeness (QED) is 0.777. The van der Waals surface area contributed by atoms with Crippen molar-refractivity contribution in [3.05, 3.63) is 41.7 Å². The smallest absolute Gasteiger partial charge is 0.250 e. The van der Waals surface area contributed by atoms with Crippen LogP contribution in [-0.2, 0) is 6.54 Å². The Morgan fingerprint density at radius 1 is 1.41 bits per heavy atom. The lowest BCUT2D eigenvalue weighted by molar-refractivity contribution is 0.100. The van der Waals surface area contributed by atoms with Gasteiger partial charge in [-0.2, -0.15) is 0 Å². The Bertz CT molecular complexity index is 586. The topological polar surface area (TPSA) is 71.1 Å². The number of nitrogens with zero attached hydrogens (tertiary/aromatic N) is 3. The highest BCUT2D eigenvalue weighted by molar-refractivity contribution is 6.38. The van der Waals surface area contributed by atoms with E-state index in [2.05, 4.69) is 9.98 Å². The average molecular weight is 226 g/mol. The molecule has 2 aliphatic heterocycles. The predicted octanol–water partition coefficient (Wildman–Crippen LogP) is 1.06. The van der Waals surface area contributed by atoms with Gasteiger partial charge in [-0.15, -0.1) is 0 Å². The van der Waals surface area contributed by atoms with Crippen molar-refractivity contribution in [1.82, 2.24) is 0 Å². The number of fused-ring (bicyclic) bond motifs is 3. The molecule has 1 aromatic rings. The van der Waals surface area contributed by atoms with Gasteiger partial charge < -0.3 is 5.73 Å². The van der Waals surface area contributed by atoms with Gasteiger partial charge in [0, 0.05) is 12.4 Å². The Labute approximate surface area is 98.0 Å². The highest BCUT2D eigenvalue weighted by Gasteiger charge is 2.24. The number of hydrogen-bond donors (Lipinski definition) is 1. The number of benzene rings is 1. The molecule has 0 aliphatic carbocycles. The number of para-hydroxylation sites is 1. The average Bonchev–Trinajstić information content (AvgIpc) is 2.37. The van der Waals surface area contributed by atoms with Crippen LogP contribution in [0.3, 0.4) is 0 Å². The summed E-state index contributed by atoms with van der Waals surface area (Å²) < 4.78 is 0. The third-order valence-electron chi connectivity index (χ3n) is 2.78. The molecule has 0 bridgehead atoms. The lowest BCUT2D eigenvalue weighted by atomic mass is 10.0. The molecule has 2 aliphatic rings. The standard InChI is InChI=1S/C12H10N4O/c13-12(17)9-3-1-2-8-6-15-10-7-14-4-5-16(10)11(8)9/h1-5,7H,6H2,(H2,13,17). The lowest BCUT2D eigenvalue weighted by Crippen LogP contribution is -2.34. The molecule has 0 atom stereocenters. The van der Waals surface area contributed by atoms with Crippen LogP contribution in [0.5, 0.6) is 0 Å². The monoisotopic (exact) mass is 226 g/mol. The molecule has 84 valence electrons. The number of hydrogen-bond acceptors (Lipinski definition) is 4. The summed E-state index contributed by atoms with van der Waals surface area (Å²) in [5, 5.41) is 0. The van der Waals surface area contributed by atoms with E-state index in [-0.39, 0.29) is 0 Å². The van der Waals surface area contributed by atoms with Crippen molar-refractivity contribution >= 4 is 23.6 Å². The highest BCUT2D eigenvalue weighted by Crippen LogP contribution is 2.30. The number of anilines is 1. The molecule has 0 saturated heterocycles. The minimum Gasteiger partial charge on any atom is -0.366 e. The van der Waals surface area contributed by atoms with Gasteiger partial charge in [0.05, 0.1) is 24.0 Å². The predicted molar refractivity (Wildman–Crippen MR) is 66.2 cm³/mol. The third kappa shape index (κ3) is 1.44. The van der Waals surface area contributed by atoms with Crippen LogP contribution in [0.4, 0.5) is 5.69 Å². The molecule has 5 heteroatoms. The molecule has 17 heavy (non-hydrogen) atoms. The van der Waals surface area contributed by atoms with Crippen molar-refractivity contribution in [2.24, 2.45) is 15.7 Å². The SMILES string of the molecule is NC(=O)c1cccc2c1N1C=CN=CC1=NC2. The number of nitrogens with two attached hydrogens (primary N) is 1. The van der Waals surface area contributed by atoms with Gasteiger partial charge >= 0.3 is 0 Å². The first-order valence-electron chi connectivity index (χ1n) is 5.22. The number of carbonyl (C=O) groups excluding carboxylic acids is 1. The van der Waals surface area contributed by atoms with E-state index >= 15 is 0 Å². The van der Waals surface area contributed by atoms with Gasteiger partial charge in [-0.1, -0.05) is 12.1 Å². The largest absolute Gasteiger partial charge is 0.366 e. The van der Waals surface area contributed by atoms with Crippen LogP contribution in [-0.4, -0.2) is 18.0 Å². The summed E-state index contributed by atoms with van der Waals surface area (Å²) in [6.07, 6.45) is 5.11. The number of amides is 1. The second-order valence-corrected chi connectivity index (χ2v) is 3.80. The Morgan fingerprint density at radius 2 is 2.29 bits per heavy atom. The van der Waals surface area contributed by atoms with Crippen LogP contribution in [0.25, 0.3) is 0 Å². The molecule has 2 heterocycles. The van der Waals surface area contributed by atoms with E-state index < -0.39 is 5.91 Å². The fraction of sp³-hybridized carbons (Fsp3) is 0.0833. The second-order valence-electron chi connectivity index (χ2n) is 3.80. The van der Waals surface area contributed by atoms with E-state index in [1.807, 2.05) is 17.0 Å². The van der Waals surface area contributed by atoms with Crippen LogP contribution in [0.1, 0.15) is 15.9 Å². The summed E-state index contributed by atoms with van der Waals surface area (Å²) in [5.41, 5.74) is 7.71. The number of carbonyl (C=O) groups is 1. The molecule has 2 N–H and O–H groups in total. The molecule has 0 saturated carbocycles. The number of primary amides is 1. The summed E-state index contributed by atoms with van der Waals surface area (Å²) in [4.78, 5) is 21.7. The second kappa shape index (κ2) is 3.55. The fourth-order valence-electron chi connectivity index (χ4n) is 2.03. The molecule has 0 unspecified atom stereocenters. The summed E-state index contributed by atoms with van der Waals surface area (Å²) in [6.45, 7) is 0.544. The van der Waals surface area contributed by atoms with Gasteiger partial charge in [-0.25, -0.2) is 0 Å². The Morgan fingerprint density at radius 3 is 3.12 bits per heavy atom. The summed E-state index contributed by atoms with van der Waals surface area (Å²) >= 11 is 0. The van der Waals surface area contributed by atoms with E-state index in [4.69, 9.17) is 5.73 Å². The first-order valence-corrected chi connectivity index (χ1v) is 5.22. The van der Waals surface area contributed by atoms with Crippen molar-refractivity contribution < 1.29 is 4.79 Å². The van der Waals surface area contributed by atoms with Crippen LogP contribution >= 0.6 is 0 Å². The normalized spacial score (nSPS) is 16.2. The molecule has 1 amide bonds. The first kappa shape index (κ1) is 9.77. The zero-order valence-electron chi connectivity index (χ0n) is 9.00. The molecule has 5 nitrogen and oxygen atoms in total. The first-order chi connectivity index (χ1) is 8.27. The van der Waals surface area contributed by atoms with E-state index in [0.717, 1.165) is 17.1 Å². The molecule has 0 radical (unpaired) electrons. The summed E-state index contributed by atoms with van der Waals surface area (Å²) in [5.74, 6) is 0.299. The van der Waals surface area contributed by atoms with Crippen LogP contribution in [0.15, 0.2) is 40.6 Å². The minimum atomic E-state index is -0.431. The van der Waals surface area contributed by atoms with Gasteiger partial charge in [0.15, 0.2) is 5.84 Å². The summed E-state index contributed by atoms with van der Waals surface area (Å²) in [6, 6.07) is 5.49. The maximum absolute atomic E-state index is 11.4. The third-order valence-corrected chi connectivity index (χ3v) is 2.78. The summed E-state index contributed by atoms with van der Waals surface area (Å²) in [7, 11) is 0. The minimum absolute atomic E-state index is 0.431. The van der Waals surface area contributed by atoms with Gasteiger partial charge in [0.1, 0.15) is 0 Å². The van der Waals surface area contributed by atoms with E-state index in [0.29, 0.717) is 12.1 Å². The maximum Gasteiger partial charge on any atom is 0.250 e. The van der Waals surface area contributed by atoms with Gasteiger partial charge in [-0.05, 0) is 11.6 Å². The van der Waals surface area contributed by atoms with Gasteiger partial charge in [0.2, 0.25) is 0 Å². The van der Waals surface area contributed by atoms with Crippen LogP contribution in [0.2, 0.25) is 0 Å². The zero-order valence-corrected chi connectivity index (χ0v) is 9.00. The number of amidine groups is 1. The van der Waals surface area contributed by atoms with Crippen LogP contribution < -0.4 is 10.6 Å². The van der Waals surface area contributed by atoms with Gasteiger partial charge in [-0.3, -0.25) is 19.7 Å².